The molecule has 0 atom stereocenters. The van der Waals surface area contributed by atoms with Crippen molar-refractivity contribution in [3.8, 4) is 0 Å². The van der Waals surface area contributed by atoms with Crippen molar-refractivity contribution in [1.29, 1.82) is 0 Å². The molecule has 7 nitrogen and oxygen atoms in total. The molecule has 1 amide bonds. The van der Waals surface area contributed by atoms with Crippen LogP contribution in [0.3, 0.4) is 0 Å². The molecule has 0 bridgehead atoms. The van der Waals surface area contributed by atoms with Crippen LogP contribution in [0.15, 0.2) is 30.3 Å². The molecule has 0 fully saturated rings. The Morgan fingerprint density at radius 2 is 1.76 bits per heavy atom. The average molecular weight is 438 g/mol. The largest absolute Gasteiger partial charge is 0.423 e. The number of nitrogens with one attached hydrogen (secondary N) is 1. The highest BCUT2D eigenvalue weighted by atomic mass is 32.1. The van der Waals surface area contributed by atoms with Gasteiger partial charge in [0, 0.05) is 11.6 Å². The van der Waals surface area contributed by atoms with E-state index >= 15 is 0 Å². The molecule has 0 aliphatic heterocycles. The van der Waals surface area contributed by atoms with Crippen molar-refractivity contribution in [2.75, 3.05) is 5.32 Å². The van der Waals surface area contributed by atoms with Gasteiger partial charge in [0.2, 0.25) is 0 Å². The number of nitro groups is 1. The lowest BCUT2D eigenvalue weighted by atomic mass is 10.1. The second-order valence-corrected chi connectivity index (χ2v) is 8.16. The first-order chi connectivity index (χ1) is 13.6. The minimum absolute atomic E-state index is 0.204. The number of nitrogens with zero attached hydrogens (tertiary/aromatic N) is 3. The van der Waals surface area contributed by atoms with Crippen LogP contribution >= 0.6 is 22.7 Å². The van der Waals surface area contributed by atoms with Gasteiger partial charge in [-0.25, -0.2) is 9.97 Å². The van der Waals surface area contributed by atoms with Crippen LogP contribution in [-0.2, 0) is 6.18 Å². The maximum absolute atomic E-state index is 13.1. The van der Waals surface area contributed by atoms with Crippen molar-refractivity contribution in [3.63, 3.8) is 0 Å². The van der Waals surface area contributed by atoms with Gasteiger partial charge in [0.25, 0.3) is 11.6 Å². The number of aryl methyl sites for hydroxylation is 1. The number of hydrogen-bond acceptors (Lipinski definition) is 7. The van der Waals surface area contributed by atoms with Crippen molar-refractivity contribution < 1.29 is 22.9 Å². The standard InChI is InChI=1S/C17H9F3N4O3S2/c1-7-21-10-3-4-11-14(13(10)28-7)29-16(22-11)23-15(25)8-2-5-12(24(26)27)9(6-8)17(18,19)20/h2-6H,1H3,(H,22,23,25). The zero-order valence-corrected chi connectivity index (χ0v) is 16.0. The van der Waals surface area contributed by atoms with Crippen molar-refractivity contribution in [1.82, 2.24) is 9.97 Å². The molecule has 2 heterocycles. The maximum Gasteiger partial charge on any atom is 0.423 e. The van der Waals surface area contributed by atoms with Crippen LogP contribution < -0.4 is 5.32 Å². The number of benzene rings is 2. The first-order valence-corrected chi connectivity index (χ1v) is 9.60. The number of anilines is 1. The summed E-state index contributed by atoms with van der Waals surface area (Å²) in [6.45, 7) is 1.87. The Morgan fingerprint density at radius 3 is 2.41 bits per heavy atom. The number of thiazole rings is 2. The van der Waals surface area contributed by atoms with Gasteiger partial charge in [0.05, 0.1) is 30.4 Å². The van der Waals surface area contributed by atoms with E-state index in [-0.39, 0.29) is 10.7 Å². The molecule has 0 radical (unpaired) electrons. The number of aromatic nitrogens is 2. The fourth-order valence-electron chi connectivity index (χ4n) is 2.77. The number of hydrogen-bond donors (Lipinski definition) is 1. The highest BCUT2D eigenvalue weighted by Crippen LogP contribution is 2.38. The molecule has 0 saturated heterocycles. The van der Waals surface area contributed by atoms with Gasteiger partial charge in [-0.3, -0.25) is 20.2 Å². The fraction of sp³-hybridized carbons (Fsp3) is 0.118. The predicted molar refractivity (Wildman–Crippen MR) is 104 cm³/mol. The first kappa shape index (κ1) is 19.2. The number of carbonyl (C=O) groups excluding carboxylic acids is 1. The number of fused-ring (bicyclic) bond motifs is 3. The van der Waals surface area contributed by atoms with Gasteiger partial charge < -0.3 is 0 Å². The molecule has 1 N–H and O–H groups in total. The van der Waals surface area contributed by atoms with E-state index in [1.165, 1.54) is 22.7 Å². The van der Waals surface area contributed by atoms with Crippen LogP contribution in [0.4, 0.5) is 24.0 Å². The summed E-state index contributed by atoms with van der Waals surface area (Å²) < 4.78 is 41.1. The van der Waals surface area contributed by atoms with E-state index in [2.05, 4.69) is 15.3 Å². The Hall–Kier alpha value is -3.12. The lowest BCUT2D eigenvalue weighted by Gasteiger charge is -2.09. The van der Waals surface area contributed by atoms with Crippen molar-refractivity contribution >= 4 is 59.8 Å². The molecule has 0 spiro atoms. The third-order valence-corrected chi connectivity index (χ3v) is 6.14. The molecule has 2 aromatic heterocycles. The second-order valence-electron chi connectivity index (χ2n) is 5.95. The Labute approximate surface area is 168 Å². The first-order valence-electron chi connectivity index (χ1n) is 7.97. The Morgan fingerprint density at radius 1 is 1.10 bits per heavy atom. The summed E-state index contributed by atoms with van der Waals surface area (Å²) in [5.74, 6) is -0.846. The zero-order chi connectivity index (χ0) is 20.9. The van der Waals surface area contributed by atoms with E-state index in [4.69, 9.17) is 0 Å². The molecule has 2 aromatic carbocycles. The van der Waals surface area contributed by atoms with Crippen molar-refractivity contribution in [2.24, 2.45) is 0 Å². The summed E-state index contributed by atoms with van der Waals surface area (Å²) in [5, 5.41) is 14.4. The van der Waals surface area contributed by atoms with E-state index in [9.17, 15) is 28.1 Å². The van der Waals surface area contributed by atoms with Gasteiger partial charge in [-0.2, -0.15) is 13.2 Å². The molecule has 4 aromatic rings. The fourth-order valence-corrected chi connectivity index (χ4v) is 4.77. The summed E-state index contributed by atoms with van der Waals surface area (Å²) in [4.78, 5) is 30.8. The number of rotatable bonds is 3. The number of nitro benzene ring substituents is 1. The van der Waals surface area contributed by atoms with E-state index in [1.807, 2.05) is 6.92 Å². The second kappa shape index (κ2) is 6.74. The molecule has 29 heavy (non-hydrogen) atoms. The maximum atomic E-state index is 13.1. The van der Waals surface area contributed by atoms with Gasteiger partial charge in [0.15, 0.2) is 5.13 Å². The molecule has 0 unspecified atom stereocenters. The summed E-state index contributed by atoms with van der Waals surface area (Å²) in [6.07, 6.45) is -4.97. The normalized spacial score (nSPS) is 11.9. The van der Waals surface area contributed by atoms with E-state index in [0.29, 0.717) is 17.6 Å². The quantitative estimate of drug-likeness (QED) is 0.341. The van der Waals surface area contributed by atoms with E-state index in [0.717, 1.165) is 26.0 Å². The molecule has 0 aliphatic rings. The summed E-state index contributed by atoms with van der Waals surface area (Å²) in [7, 11) is 0. The Kier molecular flexibility index (Phi) is 4.46. The monoisotopic (exact) mass is 438 g/mol. The van der Waals surface area contributed by atoms with Crippen LogP contribution in [-0.4, -0.2) is 20.8 Å². The smallest absolute Gasteiger partial charge is 0.298 e. The minimum Gasteiger partial charge on any atom is -0.298 e. The predicted octanol–water partition coefficient (Wildman–Crippen LogP) is 5.39. The Bertz CT molecular complexity index is 1300. The van der Waals surface area contributed by atoms with Crippen LogP contribution in [0.1, 0.15) is 20.9 Å². The van der Waals surface area contributed by atoms with E-state index < -0.39 is 28.3 Å². The van der Waals surface area contributed by atoms with Crippen LogP contribution in [0.2, 0.25) is 0 Å². The Balaban J connectivity index is 1.69. The highest BCUT2D eigenvalue weighted by molar-refractivity contribution is 7.28. The molecular weight excluding hydrogens is 429 g/mol. The van der Waals surface area contributed by atoms with Crippen LogP contribution in [0.5, 0.6) is 0 Å². The molecule has 148 valence electrons. The summed E-state index contributed by atoms with van der Waals surface area (Å²) in [5.41, 5.74) is -1.54. The molecule has 12 heteroatoms. The van der Waals surface area contributed by atoms with Crippen molar-refractivity contribution in [3.05, 3.63) is 56.6 Å². The highest BCUT2D eigenvalue weighted by Gasteiger charge is 2.38. The van der Waals surface area contributed by atoms with E-state index in [1.54, 1.807) is 12.1 Å². The average Bonchev–Trinajstić information content (AvgIpc) is 3.22. The van der Waals surface area contributed by atoms with Gasteiger partial charge in [-0.15, -0.1) is 11.3 Å². The van der Waals surface area contributed by atoms with Gasteiger partial charge >= 0.3 is 6.18 Å². The third-order valence-electron chi connectivity index (χ3n) is 4.00. The summed E-state index contributed by atoms with van der Waals surface area (Å²) >= 11 is 2.65. The van der Waals surface area contributed by atoms with Gasteiger partial charge in [0.1, 0.15) is 5.56 Å². The lowest BCUT2D eigenvalue weighted by Crippen LogP contribution is -2.15. The van der Waals surface area contributed by atoms with Gasteiger partial charge in [-0.1, -0.05) is 11.3 Å². The molecular formula is C17H9F3N4O3S2. The number of halogens is 3. The molecule has 4 rings (SSSR count). The summed E-state index contributed by atoms with van der Waals surface area (Å²) in [6, 6.07) is 5.65. The third kappa shape index (κ3) is 3.51. The minimum atomic E-state index is -4.97. The van der Waals surface area contributed by atoms with Crippen LogP contribution in [0.25, 0.3) is 20.4 Å². The topological polar surface area (TPSA) is 98.0 Å². The van der Waals surface area contributed by atoms with Crippen molar-refractivity contribution in [2.45, 2.75) is 13.1 Å². The van der Waals surface area contributed by atoms with Gasteiger partial charge in [-0.05, 0) is 31.2 Å². The zero-order valence-electron chi connectivity index (χ0n) is 14.4. The SMILES string of the molecule is Cc1nc2ccc3nc(NC(=O)c4ccc([N+](=O)[O-])c(C(F)(F)F)c4)sc3c2s1. The number of amides is 1. The molecule has 0 saturated carbocycles. The molecule has 0 aliphatic carbocycles. The number of alkyl halides is 3. The lowest BCUT2D eigenvalue weighted by molar-refractivity contribution is -0.388. The van der Waals surface area contributed by atoms with Crippen LogP contribution in [0, 0.1) is 17.0 Å². The number of carbonyl (C=O) groups is 1.